The summed E-state index contributed by atoms with van der Waals surface area (Å²) in [7, 11) is -3.53. The van der Waals surface area contributed by atoms with Crippen LogP contribution in [0.2, 0.25) is 0 Å². The molecule has 1 aliphatic heterocycles. The Balaban J connectivity index is 2.11. The molecule has 2 rings (SSSR count). The molecule has 8 heteroatoms. The van der Waals surface area contributed by atoms with Gasteiger partial charge in [-0.15, -0.1) is 0 Å². The van der Waals surface area contributed by atoms with E-state index < -0.39 is 10.0 Å². The Morgan fingerprint density at radius 2 is 2.00 bits per heavy atom. The largest absolute Gasteiger partial charge is 0.341 e. The van der Waals surface area contributed by atoms with Gasteiger partial charge in [-0.05, 0) is 13.3 Å². The summed E-state index contributed by atoms with van der Waals surface area (Å²) in [6, 6.07) is 0. The van der Waals surface area contributed by atoms with Crippen LogP contribution in [0.15, 0.2) is 17.3 Å². The maximum Gasteiger partial charge on any atom is 0.246 e. The van der Waals surface area contributed by atoms with E-state index in [9.17, 15) is 13.2 Å². The lowest BCUT2D eigenvalue weighted by Gasteiger charge is -2.23. The predicted molar refractivity (Wildman–Crippen MR) is 82.7 cm³/mol. The minimum absolute atomic E-state index is 0.0639. The fourth-order valence-corrected chi connectivity index (χ4v) is 3.94. The van der Waals surface area contributed by atoms with Crippen molar-refractivity contribution in [2.75, 3.05) is 26.2 Å². The topological polar surface area (TPSA) is 75.5 Å². The predicted octanol–water partition coefficient (Wildman–Crippen LogP) is 0.782. The van der Waals surface area contributed by atoms with Gasteiger partial charge in [0, 0.05) is 44.8 Å². The zero-order valence-corrected chi connectivity index (χ0v) is 14.2. The second kappa shape index (κ2) is 6.78. The molecule has 0 radical (unpaired) electrons. The summed E-state index contributed by atoms with van der Waals surface area (Å²) in [6.45, 7) is 8.08. The molecule has 7 nitrogen and oxygen atoms in total. The average Bonchev–Trinajstić information content (AvgIpc) is 2.84. The van der Waals surface area contributed by atoms with Crippen molar-refractivity contribution < 1.29 is 13.2 Å². The first-order valence-corrected chi connectivity index (χ1v) is 9.11. The van der Waals surface area contributed by atoms with Crippen molar-refractivity contribution in [2.45, 2.75) is 38.6 Å². The highest BCUT2D eigenvalue weighted by Gasteiger charge is 2.29. The van der Waals surface area contributed by atoms with Crippen LogP contribution in [0.25, 0.3) is 0 Å². The lowest BCUT2D eigenvalue weighted by atomic mass is 10.2. The van der Waals surface area contributed by atoms with E-state index in [0.29, 0.717) is 39.1 Å². The van der Waals surface area contributed by atoms with E-state index in [1.54, 1.807) is 15.8 Å². The Kier molecular flexibility index (Phi) is 5.23. The lowest BCUT2D eigenvalue weighted by Crippen LogP contribution is -2.38. The summed E-state index contributed by atoms with van der Waals surface area (Å²) < 4.78 is 28.4. The van der Waals surface area contributed by atoms with Crippen LogP contribution in [0.1, 0.15) is 27.2 Å². The van der Waals surface area contributed by atoms with Crippen molar-refractivity contribution in [3.8, 4) is 0 Å². The smallest absolute Gasteiger partial charge is 0.246 e. The first-order chi connectivity index (χ1) is 10.4. The van der Waals surface area contributed by atoms with Gasteiger partial charge in [-0.3, -0.25) is 9.48 Å². The SMILES string of the molecule is CCn1cc(S(=O)(=O)N2CCCN(C(=O)C(C)C)CC2)cn1. The van der Waals surface area contributed by atoms with Crippen molar-refractivity contribution in [1.82, 2.24) is 19.0 Å². The summed E-state index contributed by atoms with van der Waals surface area (Å²) in [6.07, 6.45) is 3.59. The number of carbonyl (C=O) groups is 1. The van der Waals surface area contributed by atoms with Gasteiger partial charge in [0.1, 0.15) is 4.90 Å². The van der Waals surface area contributed by atoms with Crippen LogP contribution in [0.5, 0.6) is 0 Å². The zero-order valence-electron chi connectivity index (χ0n) is 13.4. The highest BCUT2D eigenvalue weighted by molar-refractivity contribution is 7.89. The van der Waals surface area contributed by atoms with Crippen LogP contribution < -0.4 is 0 Å². The van der Waals surface area contributed by atoms with E-state index in [0.717, 1.165) is 0 Å². The van der Waals surface area contributed by atoms with Crippen molar-refractivity contribution in [3.63, 3.8) is 0 Å². The minimum Gasteiger partial charge on any atom is -0.341 e. The second-order valence-corrected chi connectivity index (χ2v) is 7.71. The van der Waals surface area contributed by atoms with Gasteiger partial charge in [0.15, 0.2) is 0 Å². The molecule has 1 amide bonds. The molecule has 1 aromatic heterocycles. The van der Waals surface area contributed by atoms with E-state index in [1.165, 1.54) is 10.5 Å². The van der Waals surface area contributed by atoms with Crippen molar-refractivity contribution >= 4 is 15.9 Å². The van der Waals surface area contributed by atoms with Gasteiger partial charge in [-0.2, -0.15) is 9.40 Å². The third-order valence-electron chi connectivity index (χ3n) is 3.83. The first-order valence-electron chi connectivity index (χ1n) is 7.67. The molecule has 0 bridgehead atoms. The zero-order chi connectivity index (χ0) is 16.3. The van der Waals surface area contributed by atoms with Crippen molar-refractivity contribution in [2.24, 2.45) is 5.92 Å². The molecule has 124 valence electrons. The van der Waals surface area contributed by atoms with Crippen LogP contribution in [0.3, 0.4) is 0 Å². The number of carbonyl (C=O) groups excluding carboxylic acids is 1. The molecule has 0 N–H and O–H groups in total. The molecule has 0 saturated carbocycles. The van der Waals surface area contributed by atoms with E-state index in [2.05, 4.69) is 5.10 Å². The third-order valence-corrected chi connectivity index (χ3v) is 5.68. The Labute approximate surface area is 131 Å². The summed E-state index contributed by atoms with van der Waals surface area (Å²) >= 11 is 0. The third kappa shape index (κ3) is 3.49. The fourth-order valence-electron chi connectivity index (χ4n) is 2.52. The number of hydrogen-bond acceptors (Lipinski definition) is 4. The van der Waals surface area contributed by atoms with E-state index in [-0.39, 0.29) is 16.7 Å². The summed E-state index contributed by atoms with van der Waals surface area (Å²) in [5.41, 5.74) is 0. The molecule has 1 fully saturated rings. The van der Waals surface area contributed by atoms with Gasteiger partial charge in [0.2, 0.25) is 15.9 Å². The lowest BCUT2D eigenvalue weighted by molar-refractivity contribution is -0.134. The van der Waals surface area contributed by atoms with Crippen LogP contribution >= 0.6 is 0 Å². The van der Waals surface area contributed by atoms with Gasteiger partial charge in [-0.1, -0.05) is 13.8 Å². The number of hydrogen-bond donors (Lipinski definition) is 0. The Bertz CT molecular complexity index is 624. The molecular weight excluding hydrogens is 304 g/mol. The molecule has 0 unspecified atom stereocenters. The van der Waals surface area contributed by atoms with Crippen LogP contribution in [0.4, 0.5) is 0 Å². The Hall–Kier alpha value is -1.41. The quantitative estimate of drug-likeness (QED) is 0.818. The van der Waals surface area contributed by atoms with Crippen molar-refractivity contribution in [3.05, 3.63) is 12.4 Å². The van der Waals surface area contributed by atoms with Gasteiger partial charge in [0.05, 0.1) is 6.20 Å². The average molecular weight is 328 g/mol. The molecule has 0 spiro atoms. The van der Waals surface area contributed by atoms with Crippen LogP contribution in [-0.4, -0.2) is 59.5 Å². The molecule has 0 aromatic carbocycles. The summed E-state index contributed by atoms with van der Waals surface area (Å²) in [5, 5.41) is 4.03. The highest BCUT2D eigenvalue weighted by atomic mass is 32.2. The van der Waals surface area contributed by atoms with Gasteiger partial charge in [0.25, 0.3) is 0 Å². The highest BCUT2D eigenvalue weighted by Crippen LogP contribution is 2.18. The number of rotatable bonds is 4. The maximum atomic E-state index is 12.6. The summed E-state index contributed by atoms with van der Waals surface area (Å²) in [4.78, 5) is 14.0. The van der Waals surface area contributed by atoms with E-state index >= 15 is 0 Å². The standard InChI is InChI=1S/C14H24N4O3S/c1-4-17-11-13(10-15-17)22(20,21)18-7-5-6-16(8-9-18)14(19)12(2)3/h10-12H,4-9H2,1-3H3. The molecule has 1 aromatic rings. The Morgan fingerprint density at radius 1 is 1.27 bits per heavy atom. The first kappa shape index (κ1) is 17.0. The van der Waals surface area contributed by atoms with Gasteiger partial charge in [-0.25, -0.2) is 8.42 Å². The molecule has 0 atom stereocenters. The summed E-state index contributed by atoms with van der Waals surface area (Å²) in [5.74, 6) is 0.0176. The normalized spacial score (nSPS) is 17.7. The van der Waals surface area contributed by atoms with Crippen LogP contribution in [-0.2, 0) is 21.4 Å². The number of aryl methyl sites for hydroxylation is 1. The van der Waals surface area contributed by atoms with Gasteiger partial charge < -0.3 is 4.90 Å². The van der Waals surface area contributed by atoms with E-state index in [4.69, 9.17) is 0 Å². The monoisotopic (exact) mass is 328 g/mol. The fraction of sp³-hybridized carbons (Fsp3) is 0.714. The second-order valence-electron chi connectivity index (χ2n) is 5.77. The van der Waals surface area contributed by atoms with Crippen LogP contribution in [0, 0.1) is 5.92 Å². The minimum atomic E-state index is -3.53. The molecular formula is C14H24N4O3S. The maximum absolute atomic E-state index is 12.6. The number of amides is 1. The molecule has 1 saturated heterocycles. The molecule has 1 aliphatic rings. The molecule has 2 heterocycles. The Morgan fingerprint density at radius 3 is 2.59 bits per heavy atom. The van der Waals surface area contributed by atoms with Gasteiger partial charge >= 0.3 is 0 Å². The number of aromatic nitrogens is 2. The van der Waals surface area contributed by atoms with E-state index in [1.807, 2.05) is 20.8 Å². The number of sulfonamides is 1. The molecule has 22 heavy (non-hydrogen) atoms. The number of nitrogens with zero attached hydrogens (tertiary/aromatic N) is 4. The molecule has 0 aliphatic carbocycles. The van der Waals surface area contributed by atoms with Crippen molar-refractivity contribution in [1.29, 1.82) is 0 Å².